The van der Waals surface area contributed by atoms with Crippen LogP contribution in [-0.2, 0) is 32.6 Å². The largest absolute Gasteiger partial charge is 0.355 e. The van der Waals surface area contributed by atoms with Crippen molar-refractivity contribution in [3.05, 3.63) is 65.7 Å². The summed E-state index contributed by atoms with van der Waals surface area (Å²) in [6.07, 6.45) is 1.90. The molecule has 2 aromatic rings. The van der Waals surface area contributed by atoms with Gasteiger partial charge in [-0.1, -0.05) is 49.4 Å². The normalized spacial score (nSPS) is 12.1. The average molecular weight is 446 g/mol. The van der Waals surface area contributed by atoms with Gasteiger partial charge >= 0.3 is 0 Å². The van der Waals surface area contributed by atoms with E-state index in [1.165, 1.54) is 4.90 Å². The molecule has 2 rings (SSSR count). The fraction of sp³-hybridized carbons (Fsp3) is 0.391. The molecule has 0 aliphatic carbocycles. The quantitative estimate of drug-likeness (QED) is 0.609. The highest BCUT2D eigenvalue weighted by molar-refractivity contribution is 7.92. The van der Waals surface area contributed by atoms with Gasteiger partial charge in [-0.25, -0.2) is 8.42 Å². The van der Waals surface area contributed by atoms with Crippen molar-refractivity contribution in [2.24, 2.45) is 0 Å². The first-order chi connectivity index (χ1) is 14.7. The average Bonchev–Trinajstić information content (AvgIpc) is 2.75. The van der Waals surface area contributed by atoms with E-state index in [0.717, 1.165) is 28.1 Å². The van der Waals surface area contributed by atoms with Crippen LogP contribution in [0.3, 0.4) is 0 Å². The molecule has 1 atom stereocenters. The second-order valence-electron chi connectivity index (χ2n) is 7.37. The first kappa shape index (κ1) is 24.4. The van der Waals surface area contributed by atoms with Crippen LogP contribution in [0.5, 0.6) is 0 Å². The van der Waals surface area contributed by atoms with Gasteiger partial charge in [0.05, 0.1) is 11.9 Å². The zero-order valence-electron chi connectivity index (χ0n) is 18.5. The molecule has 0 fully saturated rings. The van der Waals surface area contributed by atoms with Crippen LogP contribution in [0.4, 0.5) is 5.69 Å². The summed E-state index contributed by atoms with van der Waals surface area (Å²) in [5.41, 5.74) is 2.34. The standard InChI is InChI=1S/C23H31N3O4S/c1-5-19-12-14-21(15-13-19)26(31(4,29)30)17-22(27)25(18(3)23(28)24-6-2)16-20-10-8-7-9-11-20/h7-15,18H,5-6,16-17H2,1-4H3,(H,24,28). The summed E-state index contributed by atoms with van der Waals surface area (Å²) in [7, 11) is -3.71. The van der Waals surface area contributed by atoms with Gasteiger partial charge in [-0.05, 0) is 43.5 Å². The topological polar surface area (TPSA) is 86.8 Å². The van der Waals surface area contributed by atoms with Crippen molar-refractivity contribution < 1.29 is 18.0 Å². The van der Waals surface area contributed by atoms with Gasteiger partial charge in [0.1, 0.15) is 12.6 Å². The fourth-order valence-electron chi connectivity index (χ4n) is 3.20. The zero-order valence-corrected chi connectivity index (χ0v) is 19.4. The lowest BCUT2D eigenvalue weighted by Crippen LogP contribution is -2.51. The lowest BCUT2D eigenvalue weighted by Gasteiger charge is -2.31. The van der Waals surface area contributed by atoms with Gasteiger partial charge < -0.3 is 10.2 Å². The molecule has 168 valence electrons. The number of benzene rings is 2. The highest BCUT2D eigenvalue weighted by Crippen LogP contribution is 2.20. The van der Waals surface area contributed by atoms with Crippen molar-refractivity contribution in [2.75, 3.05) is 23.7 Å². The van der Waals surface area contributed by atoms with Crippen molar-refractivity contribution in [3.8, 4) is 0 Å². The number of carbonyl (C=O) groups is 2. The van der Waals surface area contributed by atoms with E-state index >= 15 is 0 Å². The second-order valence-corrected chi connectivity index (χ2v) is 9.27. The first-order valence-corrected chi connectivity index (χ1v) is 12.2. The van der Waals surface area contributed by atoms with Crippen molar-refractivity contribution in [1.82, 2.24) is 10.2 Å². The lowest BCUT2D eigenvalue weighted by atomic mass is 10.1. The summed E-state index contributed by atoms with van der Waals surface area (Å²) < 4.78 is 26.1. The monoisotopic (exact) mass is 445 g/mol. The SMILES string of the molecule is CCNC(=O)C(C)N(Cc1ccccc1)C(=O)CN(c1ccc(CC)cc1)S(C)(=O)=O. The Morgan fingerprint density at radius 2 is 1.58 bits per heavy atom. The molecule has 0 aliphatic rings. The molecule has 2 amide bonds. The van der Waals surface area contributed by atoms with E-state index in [-0.39, 0.29) is 19.0 Å². The molecule has 7 nitrogen and oxygen atoms in total. The number of sulfonamides is 1. The Morgan fingerprint density at radius 3 is 2.10 bits per heavy atom. The molecule has 0 bridgehead atoms. The van der Waals surface area contributed by atoms with Gasteiger partial charge in [0.15, 0.2) is 0 Å². The van der Waals surface area contributed by atoms with Crippen molar-refractivity contribution >= 4 is 27.5 Å². The Morgan fingerprint density at radius 1 is 0.968 bits per heavy atom. The fourth-order valence-corrected chi connectivity index (χ4v) is 4.05. The predicted molar refractivity (Wildman–Crippen MR) is 123 cm³/mol. The van der Waals surface area contributed by atoms with Gasteiger partial charge in [0, 0.05) is 13.1 Å². The van der Waals surface area contributed by atoms with Gasteiger partial charge in [0.25, 0.3) is 0 Å². The number of aryl methyl sites for hydroxylation is 1. The van der Waals surface area contributed by atoms with Crippen LogP contribution in [0, 0.1) is 0 Å². The van der Waals surface area contributed by atoms with Crippen molar-refractivity contribution in [1.29, 1.82) is 0 Å². The summed E-state index contributed by atoms with van der Waals surface area (Å²) in [4.78, 5) is 27.2. The smallest absolute Gasteiger partial charge is 0.244 e. The summed E-state index contributed by atoms with van der Waals surface area (Å²) in [6, 6.07) is 15.6. The van der Waals surface area contributed by atoms with Gasteiger partial charge in [-0.2, -0.15) is 0 Å². The van der Waals surface area contributed by atoms with E-state index in [0.29, 0.717) is 12.2 Å². The third-order valence-electron chi connectivity index (χ3n) is 5.03. The van der Waals surface area contributed by atoms with Gasteiger partial charge in [-0.3, -0.25) is 13.9 Å². The molecule has 0 heterocycles. The number of carbonyl (C=O) groups excluding carboxylic acids is 2. The Hall–Kier alpha value is -2.87. The van der Waals surface area contributed by atoms with E-state index in [1.807, 2.05) is 49.4 Å². The minimum absolute atomic E-state index is 0.199. The molecule has 0 spiro atoms. The van der Waals surface area contributed by atoms with E-state index in [1.54, 1.807) is 26.0 Å². The molecule has 8 heteroatoms. The van der Waals surface area contributed by atoms with E-state index in [4.69, 9.17) is 0 Å². The minimum Gasteiger partial charge on any atom is -0.355 e. The number of rotatable bonds is 10. The molecule has 31 heavy (non-hydrogen) atoms. The molecule has 0 aromatic heterocycles. The molecule has 0 saturated carbocycles. The highest BCUT2D eigenvalue weighted by Gasteiger charge is 2.29. The molecular weight excluding hydrogens is 414 g/mol. The van der Waals surface area contributed by atoms with Crippen LogP contribution in [0.1, 0.15) is 31.9 Å². The van der Waals surface area contributed by atoms with Crippen molar-refractivity contribution in [2.45, 2.75) is 39.8 Å². The maximum absolute atomic E-state index is 13.3. The third-order valence-corrected chi connectivity index (χ3v) is 6.17. The van der Waals surface area contributed by atoms with E-state index < -0.39 is 22.0 Å². The number of hydrogen-bond acceptors (Lipinski definition) is 4. The molecule has 0 aliphatic heterocycles. The highest BCUT2D eigenvalue weighted by atomic mass is 32.2. The van der Waals surface area contributed by atoms with E-state index in [9.17, 15) is 18.0 Å². The van der Waals surface area contributed by atoms with Crippen LogP contribution < -0.4 is 9.62 Å². The third kappa shape index (κ3) is 6.82. The Kier molecular flexibility index (Phi) is 8.62. The van der Waals surface area contributed by atoms with E-state index in [2.05, 4.69) is 5.32 Å². The number of hydrogen-bond donors (Lipinski definition) is 1. The maximum atomic E-state index is 13.3. The maximum Gasteiger partial charge on any atom is 0.244 e. The number of nitrogens with zero attached hydrogens (tertiary/aromatic N) is 2. The minimum atomic E-state index is -3.71. The Balaban J connectivity index is 2.34. The van der Waals surface area contributed by atoms with Crippen LogP contribution in [-0.4, -0.2) is 50.5 Å². The number of anilines is 1. The summed E-state index contributed by atoms with van der Waals surface area (Å²) in [5, 5.41) is 2.73. The van der Waals surface area contributed by atoms with Crippen LogP contribution in [0.2, 0.25) is 0 Å². The summed E-state index contributed by atoms with van der Waals surface area (Å²) in [6.45, 7) is 5.71. The molecular formula is C23H31N3O4S. The second kappa shape index (κ2) is 10.9. The Bertz CT molecular complexity index is 976. The lowest BCUT2D eigenvalue weighted by molar-refractivity contribution is -0.139. The van der Waals surface area contributed by atoms with Crippen LogP contribution >= 0.6 is 0 Å². The summed E-state index contributed by atoms with van der Waals surface area (Å²) in [5.74, 6) is -0.738. The molecule has 0 saturated heterocycles. The number of amides is 2. The number of likely N-dealkylation sites (N-methyl/N-ethyl adjacent to an activating group) is 1. The van der Waals surface area contributed by atoms with Crippen LogP contribution in [0.15, 0.2) is 54.6 Å². The Labute approximate surface area is 185 Å². The first-order valence-electron chi connectivity index (χ1n) is 10.3. The van der Waals surface area contributed by atoms with Gasteiger partial charge in [-0.15, -0.1) is 0 Å². The molecule has 1 unspecified atom stereocenters. The zero-order chi connectivity index (χ0) is 23.0. The summed E-state index contributed by atoms with van der Waals surface area (Å²) >= 11 is 0. The molecule has 1 N–H and O–H groups in total. The number of nitrogens with one attached hydrogen (secondary N) is 1. The van der Waals surface area contributed by atoms with Crippen molar-refractivity contribution in [3.63, 3.8) is 0 Å². The molecule has 2 aromatic carbocycles. The molecule has 0 radical (unpaired) electrons. The van der Waals surface area contributed by atoms with Gasteiger partial charge in [0.2, 0.25) is 21.8 Å². The predicted octanol–water partition coefficient (Wildman–Crippen LogP) is 2.57. The van der Waals surface area contributed by atoms with Crippen LogP contribution in [0.25, 0.3) is 0 Å².